The number of nitrogens with one attached hydrogen (secondary N) is 1. The van der Waals surface area contributed by atoms with Gasteiger partial charge in [0, 0.05) is 6.07 Å². The standard InChI is InChI=1S/C10H9F2N3O4S/c11-5-1-6(12)8(2-7(5)13)20(18,19)15-3-9(16)14-10(17)4-15/h1-2H,3-4,13H2,(H,14,16,17). The number of piperazine rings is 1. The molecule has 3 N–H and O–H groups in total. The van der Waals surface area contributed by atoms with Crippen molar-refractivity contribution in [3.63, 3.8) is 0 Å². The Morgan fingerprint density at radius 1 is 1.10 bits per heavy atom. The third kappa shape index (κ3) is 2.47. The number of nitrogen functional groups attached to an aromatic ring is 1. The molecule has 1 aliphatic heterocycles. The Kier molecular flexibility index (Phi) is 3.44. The second kappa shape index (κ2) is 4.80. The highest BCUT2D eigenvalue weighted by Gasteiger charge is 2.35. The third-order valence-electron chi connectivity index (χ3n) is 2.59. The highest BCUT2D eigenvalue weighted by Crippen LogP contribution is 2.24. The predicted molar refractivity (Wildman–Crippen MR) is 62.7 cm³/mol. The van der Waals surface area contributed by atoms with E-state index in [2.05, 4.69) is 0 Å². The van der Waals surface area contributed by atoms with Gasteiger partial charge in [-0.1, -0.05) is 0 Å². The molecule has 0 aromatic heterocycles. The van der Waals surface area contributed by atoms with Gasteiger partial charge in [-0.2, -0.15) is 4.31 Å². The fourth-order valence-electron chi connectivity index (χ4n) is 1.66. The zero-order valence-corrected chi connectivity index (χ0v) is 10.7. The average molecular weight is 305 g/mol. The van der Waals surface area contributed by atoms with Crippen molar-refractivity contribution in [1.29, 1.82) is 0 Å². The van der Waals surface area contributed by atoms with Crippen molar-refractivity contribution in [2.75, 3.05) is 18.8 Å². The number of anilines is 1. The Hall–Kier alpha value is -2.07. The van der Waals surface area contributed by atoms with Gasteiger partial charge in [-0.15, -0.1) is 0 Å². The molecule has 20 heavy (non-hydrogen) atoms. The monoisotopic (exact) mass is 305 g/mol. The maximum atomic E-state index is 13.6. The van der Waals surface area contributed by atoms with E-state index < -0.39 is 57.1 Å². The number of rotatable bonds is 2. The molecule has 0 bridgehead atoms. The highest BCUT2D eigenvalue weighted by atomic mass is 32.2. The number of imide groups is 1. The Balaban J connectivity index is 2.47. The Labute approximate surface area is 112 Å². The van der Waals surface area contributed by atoms with Gasteiger partial charge in [-0.05, 0) is 6.07 Å². The molecule has 2 amide bonds. The van der Waals surface area contributed by atoms with Crippen LogP contribution >= 0.6 is 0 Å². The first-order chi connectivity index (χ1) is 9.21. The number of carbonyl (C=O) groups excluding carboxylic acids is 2. The minimum absolute atomic E-state index is 0.327. The topological polar surface area (TPSA) is 110 Å². The molecule has 0 unspecified atom stereocenters. The van der Waals surface area contributed by atoms with Crippen LogP contribution in [0.1, 0.15) is 0 Å². The normalized spacial score (nSPS) is 17.1. The summed E-state index contributed by atoms with van der Waals surface area (Å²) in [5.74, 6) is -4.12. The fourth-order valence-corrected chi connectivity index (χ4v) is 3.10. The minimum Gasteiger partial charge on any atom is -0.396 e. The van der Waals surface area contributed by atoms with Crippen molar-refractivity contribution in [2.45, 2.75) is 4.90 Å². The molecule has 1 aromatic carbocycles. The lowest BCUT2D eigenvalue weighted by Crippen LogP contribution is -2.53. The van der Waals surface area contributed by atoms with Crippen LogP contribution in [0.25, 0.3) is 0 Å². The number of sulfonamides is 1. The van der Waals surface area contributed by atoms with E-state index in [4.69, 9.17) is 5.73 Å². The zero-order chi connectivity index (χ0) is 15.1. The van der Waals surface area contributed by atoms with E-state index in [1.807, 2.05) is 5.32 Å². The van der Waals surface area contributed by atoms with Crippen molar-refractivity contribution < 1.29 is 26.8 Å². The van der Waals surface area contributed by atoms with Crippen molar-refractivity contribution >= 4 is 27.5 Å². The molecule has 0 radical (unpaired) electrons. The van der Waals surface area contributed by atoms with Gasteiger partial charge in [0.05, 0.1) is 18.8 Å². The second-order valence-corrected chi connectivity index (χ2v) is 5.95. The summed E-state index contributed by atoms with van der Waals surface area (Å²) >= 11 is 0. The predicted octanol–water partition coefficient (Wildman–Crippen LogP) is -0.806. The van der Waals surface area contributed by atoms with Crippen LogP contribution in [-0.2, 0) is 19.6 Å². The van der Waals surface area contributed by atoms with Crippen LogP contribution in [0.5, 0.6) is 0 Å². The van der Waals surface area contributed by atoms with Crippen LogP contribution in [0.15, 0.2) is 17.0 Å². The van der Waals surface area contributed by atoms with Crippen LogP contribution in [-0.4, -0.2) is 37.6 Å². The van der Waals surface area contributed by atoms with Crippen molar-refractivity contribution in [2.24, 2.45) is 0 Å². The molecular weight excluding hydrogens is 296 g/mol. The van der Waals surface area contributed by atoms with Gasteiger partial charge in [0.15, 0.2) is 0 Å². The first kappa shape index (κ1) is 14.3. The summed E-state index contributed by atoms with van der Waals surface area (Å²) in [6, 6.07) is 0.936. The van der Waals surface area contributed by atoms with Crippen molar-refractivity contribution in [3.8, 4) is 0 Å². The van der Waals surface area contributed by atoms with E-state index in [-0.39, 0.29) is 0 Å². The molecule has 108 valence electrons. The molecule has 10 heteroatoms. The summed E-state index contributed by atoms with van der Waals surface area (Å²) in [7, 11) is -4.47. The van der Waals surface area contributed by atoms with E-state index >= 15 is 0 Å². The van der Waals surface area contributed by atoms with E-state index in [1.165, 1.54) is 0 Å². The minimum atomic E-state index is -4.47. The lowest BCUT2D eigenvalue weighted by atomic mass is 10.3. The maximum Gasteiger partial charge on any atom is 0.247 e. The van der Waals surface area contributed by atoms with Crippen LogP contribution in [0.2, 0.25) is 0 Å². The summed E-state index contributed by atoms with van der Waals surface area (Å²) in [5.41, 5.74) is 4.64. The van der Waals surface area contributed by atoms with Gasteiger partial charge in [-0.3, -0.25) is 14.9 Å². The number of benzene rings is 1. The molecule has 2 rings (SSSR count). The first-order valence-corrected chi connectivity index (χ1v) is 6.73. The number of halogens is 2. The molecule has 7 nitrogen and oxygen atoms in total. The average Bonchev–Trinajstić information content (AvgIpc) is 2.32. The maximum absolute atomic E-state index is 13.6. The Morgan fingerprint density at radius 3 is 2.20 bits per heavy atom. The Morgan fingerprint density at radius 2 is 1.65 bits per heavy atom. The summed E-state index contributed by atoms with van der Waals surface area (Å²) in [4.78, 5) is 21.4. The quantitative estimate of drug-likeness (QED) is 0.549. The van der Waals surface area contributed by atoms with Gasteiger partial charge < -0.3 is 5.73 Å². The van der Waals surface area contributed by atoms with Gasteiger partial charge in [-0.25, -0.2) is 17.2 Å². The van der Waals surface area contributed by atoms with Crippen LogP contribution in [0.4, 0.5) is 14.5 Å². The van der Waals surface area contributed by atoms with E-state index in [1.54, 1.807) is 0 Å². The first-order valence-electron chi connectivity index (χ1n) is 5.29. The number of carbonyl (C=O) groups is 2. The number of nitrogens with zero attached hydrogens (tertiary/aromatic N) is 1. The molecular formula is C10H9F2N3O4S. The molecule has 0 spiro atoms. The largest absolute Gasteiger partial charge is 0.396 e. The van der Waals surface area contributed by atoms with E-state index in [9.17, 15) is 26.8 Å². The molecule has 1 aromatic rings. The van der Waals surface area contributed by atoms with Crippen molar-refractivity contribution in [3.05, 3.63) is 23.8 Å². The number of hydrogen-bond donors (Lipinski definition) is 2. The number of hydrogen-bond acceptors (Lipinski definition) is 5. The second-order valence-electron chi connectivity index (χ2n) is 4.05. The summed E-state index contributed by atoms with van der Waals surface area (Å²) in [5, 5.41) is 1.91. The van der Waals surface area contributed by atoms with Gasteiger partial charge in [0.25, 0.3) is 0 Å². The van der Waals surface area contributed by atoms with Gasteiger partial charge in [0.2, 0.25) is 21.8 Å². The summed E-state index contributed by atoms with van der Waals surface area (Å²) in [6.07, 6.45) is 0. The van der Waals surface area contributed by atoms with Crippen LogP contribution in [0.3, 0.4) is 0 Å². The summed E-state index contributed by atoms with van der Waals surface area (Å²) in [6.45, 7) is -1.27. The molecule has 1 heterocycles. The molecule has 1 fully saturated rings. The van der Waals surface area contributed by atoms with E-state index in [0.29, 0.717) is 16.4 Å². The Bertz CT molecular complexity index is 689. The van der Waals surface area contributed by atoms with Gasteiger partial charge >= 0.3 is 0 Å². The SMILES string of the molecule is Nc1cc(S(=O)(=O)N2CC(=O)NC(=O)C2)c(F)cc1F. The highest BCUT2D eigenvalue weighted by molar-refractivity contribution is 7.89. The summed E-state index contributed by atoms with van der Waals surface area (Å²) < 4.78 is 51.4. The third-order valence-corrected chi connectivity index (χ3v) is 4.39. The molecule has 0 aliphatic carbocycles. The fraction of sp³-hybridized carbons (Fsp3) is 0.200. The molecule has 0 saturated carbocycles. The number of nitrogens with two attached hydrogens (primary N) is 1. The lowest BCUT2D eigenvalue weighted by Gasteiger charge is -2.25. The lowest BCUT2D eigenvalue weighted by molar-refractivity contribution is -0.134. The zero-order valence-electron chi connectivity index (χ0n) is 9.89. The molecule has 1 aliphatic rings. The molecule has 1 saturated heterocycles. The van der Waals surface area contributed by atoms with E-state index in [0.717, 1.165) is 0 Å². The van der Waals surface area contributed by atoms with Crippen molar-refractivity contribution in [1.82, 2.24) is 9.62 Å². The van der Waals surface area contributed by atoms with Gasteiger partial charge in [0.1, 0.15) is 16.5 Å². The van der Waals surface area contributed by atoms with Crippen LogP contribution < -0.4 is 11.1 Å². The smallest absolute Gasteiger partial charge is 0.247 e. The number of amides is 2. The van der Waals surface area contributed by atoms with Crippen LogP contribution in [0, 0.1) is 11.6 Å². The molecule has 0 atom stereocenters.